The zero-order valence-corrected chi connectivity index (χ0v) is 20.8. The van der Waals surface area contributed by atoms with Crippen LogP contribution in [0.2, 0.25) is 0 Å². The van der Waals surface area contributed by atoms with Crippen molar-refractivity contribution in [2.75, 3.05) is 23.7 Å². The lowest BCUT2D eigenvalue weighted by atomic mass is 10.1. The molecule has 0 aliphatic rings. The van der Waals surface area contributed by atoms with Crippen LogP contribution in [-0.2, 0) is 32.6 Å². The highest BCUT2D eigenvalue weighted by Gasteiger charge is 2.29. The van der Waals surface area contributed by atoms with Crippen molar-refractivity contribution in [3.05, 3.63) is 65.7 Å². The number of sulfonamides is 1. The summed E-state index contributed by atoms with van der Waals surface area (Å²) >= 11 is 0. The van der Waals surface area contributed by atoms with Crippen molar-refractivity contribution >= 4 is 27.5 Å². The third-order valence-electron chi connectivity index (χ3n) is 5.50. The molecular formula is C25H35N3O4S. The second kappa shape index (κ2) is 12.4. The zero-order valence-electron chi connectivity index (χ0n) is 20.0. The van der Waals surface area contributed by atoms with E-state index in [9.17, 15) is 18.0 Å². The van der Waals surface area contributed by atoms with Crippen LogP contribution in [0, 0.1) is 0 Å². The van der Waals surface area contributed by atoms with Gasteiger partial charge in [0.25, 0.3) is 0 Å². The largest absolute Gasteiger partial charge is 0.354 e. The van der Waals surface area contributed by atoms with Crippen LogP contribution < -0.4 is 9.62 Å². The van der Waals surface area contributed by atoms with Crippen LogP contribution in [0.1, 0.15) is 44.7 Å². The maximum atomic E-state index is 13.4. The van der Waals surface area contributed by atoms with E-state index >= 15 is 0 Å². The summed E-state index contributed by atoms with van der Waals surface area (Å²) in [5.41, 5.74) is 2.35. The van der Waals surface area contributed by atoms with Gasteiger partial charge >= 0.3 is 0 Å². The molecule has 180 valence electrons. The van der Waals surface area contributed by atoms with Gasteiger partial charge in [-0.1, -0.05) is 62.7 Å². The van der Waals surface area contributed by atoms with E-state index in [0.29, 0.717) is 12.2 Å². The fraction of sp³-hybridized carbons (Fsp3) is 0.440. The molecule has 0 heterocycles. The van der Waals surface area contributed by atoms with Crippen LogP contribution in [0.3, 0.4) is 0 Å². The Balaban J connectivity index is 2.30. The summed E-state index contributed by atoms with van der Waals surface area (Å²) in [5.74, 6) is -0.701. The van der Waals surface area contributed by atoms with Crippen molar-refractivity contribution in [1.29, 1.82) is 0 Å². The summed E-state index contributed by atoms with van der Waals surface area (Å²) in [6.07, 6.45) is 3.70. The first-order chi connectivity index (χ1) is 15.7. The molecule has 1 N–H and O–H groups in total. The number of unbranched alkanes of at least 4 members (excludes halogenated alkanes) is 1. The van der Waals surface area contributed by atoms with Gasteiger partial charge in [0.1, 0.15) is 12.6 Å². The Morgan fingerprint density at radius 2 is 1.61 bits per heavy atom. The molecule has 0 aliphatic carbocycles. The van der Waals surface area contributed by atoms with Gasteiger partial charge in [0, 0.05) is 13.1 Å². The van der Waals surface area contributed by atoms with Crippen LogP contribution in [0.4, 0.5) is 5.69 Å². The first kappa shape index (κ1) is 26.4. The number of anilines is 1. The molecule has 0 fully saturated rings. The number of aryl methyl sites for hydroxylation is 1. The maximum Gasteiger partial charge on any atom is 0.244 e. The van der Waals surface area contributed by atoms with Gasteiger partial charge in [-0.3, -0.25) is 13.9 Å². The third-order valence-corrected chi connectivity index (χ3v) is 6.64. The molecule has 7 nitrogen and oxygen atoms in total. The van der Waals surface area contributed by atoms with Crippen molar-refractivity contribution in [2.24, 2.45) is 0 Å². The van der Waals surface area contributed by atoms with Gasteiger partial charge in [-0.05, 0) is 43.0 Å². The number of hydrogen-bond acceptors (Lipinski definition) is 4. The molecular weight excluding hydrogens is 438 g/mol. The molecule has 0 bridgehead atoms. The van der Waals surface area contributed by atoms with E-state index in [1.54, 1.807) is 19.1 Å². The molecule has 0 radical (unpaired) electrons. The highest BCUT2D eigenvalue weighted by molar-refractivity contribution is 7.92. The molecule has 0 aliphatic heterocycles. The lowest BCUT2D eigenvalue weighted by Crippen LogP contribution is -2.51. The summed E-state index contributed by atoms with van der Waals surface area (Å²) in [6, 6.07) is 15.7. The van der Waals surface area contributed by atoms with E-state index in [1.807, 2.05) is 56.3 Å². The molecule has 0 unspecified atom stereocenters. The fourth-order valence-corrected chi connectivity index (χ4v) is 4.26. The monoisotopic (exact) mass is 473 g/mol. The van der Waals surface area contributed by atoms with Gasteiger partial charge in [-0.2, -0.15) is 0 Å². The van der Waals surface area contributed by atoms with E-state index in [0.717, 1.165) is 41.0 Å². The number of nitrogens with one attached hydrogen (secondary N) is 1. The number of nitrogens with zero attached hydrogens (tertiary/aromatic N) is 2. The minimum absolute atomic E-state index is 0.203. The average Bonchev–Trinajstić information content (AvgIpc) is 2.80. The van der Waals surface area contributed by atoms with E-state index in [-0.39, 0.29) is 19.0 Å². The second-order valence-corrected chi connectivity index (χ2v) is 10.0. The number of amides is 2. The van der Waals surface area contributed by atoms with Crippen LogP contribution >= 0.6 is 0 Å². The SMILES string of the molecule is CCCCNC(=O)[C@H](C)N(Cc1ccccc1)C(=O)CN(c1ccc(CC)cc1)S(C)(=O)=O. The molecule has 33 heavy (non-hydrogen) atoms. The number of carbonyl (C=O) groups excluding carboxylic acids is 2. The van der Waals surface area contributed by atoms with Gasteiger partial charge in [0.2, 0.25) is 21.8 Å². The summed E-state index contributed by atoms with van der Waals surface area (Å²) in [7, 11) is -3.72. The Kier molecular flexibility index (Phi) is 9.91. The standard InChI is InChI=1S/C25H35N3O4S/c1-5-7-17-26-25(30)20(3)27(18-22-11-9-8-10-12-22)24(29)19-28(33(4,31)32)23-15-13-21(6-2)14-16-23/h8-16,20H,5-7,17-19H2,1-4H3,(H,26,30)/t20-/m0/s1. The summed E-state index contributed by atoms with van der Waals surface area (Å²) in [6.45, 7) is 6.07. The van der Waals surface area contributed by atoms with Gasteiger partial charge < -0.3 is 10.2 Å². The molecule has 2 aromatic carbocycles. The van der Waals surface area contributed by atoms with Crippen molar-refractivity contribution in [1.82, 2.24) is 10.2 Å². The molecule has 8 heteroatoms. The molecule has 2 aromatic rings. The average molecular weight is 474 g/mol. The molecule has 0 spiro atoms. The van der Waals surface area contributed by atoms with Crippen LogP contribution in [0.5, 0.6) is 0 Å². The molecule has 1 atom stereocenters. The number of rotatable bonds is 12. The fourth-order valence-electron chi connectivity index (χ4n) is 3.41. The summed E-state index contributed by atoms with van der Waals surface area (Å²) < 4.78 is 26.2. The number of hydrogen-bond donors (Lipinski definition) is 1. The lowest BCUT2D eigenvalue weighted by molar-refractivity contribution is -0.139. The van der Waals surface area contributed by atoms with Crippen LogP contribution in [-0.4, -0.2) is 50.5 Å². The van der Waals surface area contributed by atoms with Crippen molar-refractivity contribution in [3.8, 4) is 0 Å². The van der Waals surface area contributed by atoms with Crippen LogP contribution in [0.15, 0.2) is 54.6 Å². The summed E-state index contributed by atoms with van der Waals surface area (Å²) in [4.78, 5) is 27.6. The van der Waals surface area contributed by atoms with Crippen molar-refractivity contribution < 1.29 is 18.0 Å². The highest BCUT2D eigenvalue weighted by Crippen LogP contribution is 2.20. The molecule has 0 saturated heterocycles. The second-order valence-electron chi connectivity index (χ2n) is 8.12. The normalized spacial score (nSPS) is 12.1. The van der Waals surface area contributed by atoms with Gasteiger partial charge in [0.15, 0.2) is 0 Å². The molecule has 2 rings (SSSR count). The Labute approximate surface area is 197 Å². The number of benzene rings is 2. The topological polar surface area (TPSA) is 86.8 Å². The third kappa shape index (κ3) is 7.89. The lowest BCUT2D eigenvalue weighted by Gasteiger charge is -2.31. The van der Waals surface area contributed by atoms with Crippen LogP contribution in [0.25, 0.3) is 0 Å². The molecule has 2 amide bonds. The smallest absolute Gasteiger partial charge is 0.244 e. The first-order valence-electron chi connectivity index (χ1n) is 11.3. The maximum absolute atomic E-state index is 13.4. The van der Waals surface area contributed by atoms with E-state index in [2.05, 4.69) is 5.32 Å². The molecule has 0 saturated carbocycles. The van der Waals surface area contributed by atoms with E-state index < -0.39 is 22.0 Å². The Morgan fingerprint density at radius 3 is 2.15 bits per heavy atom. The summed E-state index contributed by atoms with van der Waals surface area (Å²) in [5, 5.41) is 2.87. The van der Waals surface area contributed by atoms with Gasteiger partial charge in [0.05, 0.1) is 11.9 Å². The van der Waals surface area contributed by atoms with E-state index in [1.165, 1.54) is 4.90 Å². The highest BCUT2D eigenvalue weighted by atomic mass is 32.2. The zero-order chi connectivity index (χ0) is 24.4. The predicted octanol–water partition coefficient (Wildman–Crippen LogP) is 3.35. The van der Waals surface area contributed by atoms with Gasteiger partial charge in [-0.25, -0.2) is 8.42 Å². The molecule has 0 aromatic heterocycles. The minimum Gasteiger partial charge on any atom is -0.354 e. The van der Waals surface area contributed by atoms with Crippen molar-refractivity contribution in [3.63, 3.8) is 0 Å². The first-order valence-corrected chi connectivity index (χ1v) is 13.2. The minimum atomic E-state index is -3.72. The predicted molar refractivity (Wildman–Crippen MR) is 132 cm³/mol. The Hall–Kier alpha value is -2.87. The Morgan fingerprint density at radius 1 is 0.970 bits per heavy atom. The van der Waals surface area contributed by atoms with E-state index in [4.69, 9.17) is 0 Å². The quantitative estimate of drug-likeness (QED) is 0.479. The van der Waals surface area contributed by atoms with Crippen molar-refractivity contribution in [2.45, 2.75) is 52.6 Å². The van der Waals surface area contributed by atoms with Gasteiger partial charge in [-0.15, -0.1) is 0 Å². The number of carbonyl (C=O) groups is 2. The Bertz CT molecular complexity index is 1010.